The Morgan fingerprint density at radius 1 is 1.29 bits per heavy atom. The summed E-state index contributed by atoms with van der Waals surface area (Å²) in [5.41, 5.74) is 5.88. The van der Waals surface area contributed by atoms with Crippen LogP contribution in [-0.4, -0.2) is 29.6 Å². The molecular formula is C12H16N2O3. The number of hydrogen-bond acceptors (Lipinski definition) is 3. The van der Waals surface area contributed by atoms with E-state index >= 15 is 0 Å². The number of hydrogen-bond donors (Lipinski definition) is 3. The third-order valence-corrected chi connectivity index (χ3v) is 2.48. The van der Waals surface area contributed by atoms with Gasteiger partial charge in [-0.1, -0.05) is 6.92 Å². The van der Waals surface area contributed by atoms with Crippen molar-refractivity contribution in [1.82, 2.24) is 5.32 Å². The average molecular weight is 236 g/mol. The van der Waals surface area contributed by atoms with Gasteiger partial charge in [0.2, 0.25) is 5.91 Å². The Kier molecular flexibility index (Phi) is 4.66. The van der Waals surface area contributed by atoms with Gasteiger partial charge in [-0.15, -0.1) is 0 Å². The normalized spacial score (nSPS) is 11.9. The summed E-state index contributed by atoms with van der Waals surface area (Å²) in [6.07, 6.45) is 0.654. The molecule has 0 radical (unpaired) electrons. The lowest BCUT2D eigenvalue weighted by Gasteiger charge is -2.13. The second-order valence-corrected chi connectivity index (χ2v) is 3.70. The summed E-state index contributed by atoms with van der Waals surface area (Å²) in [5.74, 6) is -0.805. The maximum Gasteiger partial charge on any atom is 0.251 e. The Morgan fingerprint density at radius 3 is 2.24 bits per heavy atom. The highest BCUT2D eigenvalue weighted by Gasteiger charge is 2.11. The van der Waals surface area contributed by atoms with Crippen molar-refractivity contribution in [3.05, 3.63) is 35.4 Å². The lowest BCUT2D eigenvalue weighted by atomic mass is 10.1. The highest BCUT2D eigenvalue weighted by molar-refractivity contribution is 5.97. The van der Waals surface area contributed by atoms with Crippen molar-refractivity contribution in [2.75, 3.05) is 6.61 Å². The number of rotatable bonds is 5. The van der Waals surface area contributed by atoms with Crippen molar-refractivity contribution in [1.29, 1.82) is 0 Å². The van der Waals surface area contributed by atoms with Crippen LogP contribution in [0.1, 0.15) is 34.1 Å². The molecule has 4 N–H and O–H groups in total. The van der Waals surface area contributed by atoms with E-state index in [1.807, 2.05) is 6.92 Å². The van der Waals surface area contributed by atoms with Crippen LogP contribution in [0.5, 0.6) is 0 Å². The van der Waals surface area contributed by atoms with Gasteiger partial charge in [0.05, 0.1) is 12.6 Å². The summed E-state index contributed by atoms with van der Waals surface area (Å²) in [5, 5.41) is 11.6. The number of nitrogens with one attached hydrogen (secondary N) is 1. The minimum atomic E-state index is -0.529. The van der Waals surface area contributed by atoms with Crippen molar-refractivity contribution in [3.63, 3.8) is 0 Å². The van der Waals surface area contributed by atoms with Gasteiger partial charge in [-0.25, -0.2) is 0 Å². The van der Waals surface area contributed by atoms with Crippen LogP contribution in [0.4, 0.5) is 0 Å². The van der Waals surface area contributed by atoms with Gasteiger partial charge in [-0.2, -0.15) is 0 Å². The molecule has 0 saturated carbocycles. The molecule has 0 aliphatic carbocycles. The van der Waals surface area contributed by atoms with Crippen molar-refractivity contribution < 1.29 is 14.7 Å². The Labute approximate surface area is 99.6 Å². The number of aliphatic hydroxyl groups is 1. The maximum absolute atomic E-state index is 11.7. The molecule has 0 aliphatic heterocycles. The third-order valence-electron chi connectivity index (χ3n) is 2.48. The minimum Gasteiger partial charge on any atom is -0.394 e. The minimum absolute atomic E-state index is 0.0956. The van der Waals surface area contributed by atoms with E-state index in [1.54, 1.807) is 0 Å². The number of primary amides is 1. The summed E-state index contributed by atoms with van der Waals surface area (Å²) < 4.78 is 0. The summed E-state index contributed by atoms with van der Waals surface area (Å²) in [6.45, 7) is 1.78. The zero-order valence-electron chi connectivity index (χ0n) is 9.64. The van der Waals surface area contributed by atoms with Gasteiger partial charge >= 0.3 is 0 Å². The highest BCUT2D eigenvalue weighted by atomic mass is 16.3. The molecule has 5 heteroatoms. The molecule has 2 amide bonds. The van der Waals surface area contributed by atoms with E-state index in [4.69, 9.17) is 10.8 Å². The molecule has 0 heterocycles. The average Bonchev–Trinajstić information content (AvgIpc) is 2.35. The van der Waals surface area contributed by atoms with Gasteiger partial charge < -0.3 is 16.2 Å². The van der Waals surface area contributed by atoms with Crippen molar-refractivity contribution in [2.45, 2.75) is 19.4 Å². The van der Waals surface area contributed by atoms with Gasteiger partial charge in [0.25, 0.3) is 5.91 Å². The number of carbonyl (C=O) groups excluding carboxylic acids is 2. The van der Waals surface area contributed by atoms with Gasteiger partial charge in [-0.3, -0.25) is 9.59 Å². The number of carbonyl (C=O) groups is 2. The molecule has 0 spiro atoms. The Balaban J connectivity index is 2.73. The van der Waals surface area contributed by atoms with Gasteiger partial charge in [0.1, 0.15) is 0 Å². The molecule has 0 fully saturated rings. The van der Waals surface area contributed by atoms with Gasteiger partial charge in [-0.05, 0) is 30.7 Å². The lowest BCUT2D eigenvalue weighted by molar-refractivity contribution is 0.0913. The predicted molar refractivity (Wildman–Crippen MR) is 63.6 cm³/mol. The summed E-state index contributed by atoms with van der Waals surface area (Å²) in [4.78, 5) is 22.6. The topological polar surface area (TPSA) is 92.4 Å². The summed E-state index contributed by atoms with van der Waals surface area (Å²) in [7, 11) is 0. The molecule has 0 saturated heterocycles. The van der Waals surface area contributed by atoms with E-state index < -0.39 is 5.91 Å². The largest absolute Gasteiger partial charge is 0.394 e. The first kappa shape index (κ1) is 13.2. The second kappa shape index (κ2) is 6.00. The molecule has 92 valence electrons. The summed E-state index contributed by atoms with van der Waals surface area (Å²) in [6, 6.07) is 5.80. The molecule has 5 nitrogen and oxygen atoms in total. The molecule has 0 unspecified atom stereocenters. The smallest absolute Gasteiger partial charge is 0.251 e. The monoisotopic (exact) mass is 236 g/mol. The fraction of sp³-hybridized carbons (Fsp3) is 0.333. The standard InChI is InChI=1S/C12H16N2O3/c1-2-10(7-15)14-12(17)9-5-3-8(4-6-9)11(13)16/h3-6,10,15H,2,7H2,1H3,(H2,13,16)(H,14,17)/t10-/m1/s1. The van der Waals surface area contributed by atoms with E-state index in [2.05, 4.69) is 5.32 Å². The fourth-order valence-corrected chi connectivity index (χ4v) is 1.33. The fourth-order valence-electron chi connectivity index (χ4n) is 1.33. The van der Waals surface area contributed by atoms with Crippen molar-refractivity contribution in [3.8, 4) is 0 Å². The van der Waals surface area contributed by atoms with E-state index in [9.17, 15) is 9.59 Å². The van der Waals surface area contributed by atoms with Crippen LogP contribution in [-0.2, 0) is 0 Å². The van der Waals surface area contributed by atoms with Crippen LogP contribution in [0.25, 0.3) is 0 Å². The lowest BCUT2D eigenvalue weighted by Crippen LogP contribution is -2.36. The van der Waals surface area contributed by atoms with Crippen LogP contribution in [0.3, 0.4) is 0 Å². The van der Waals surface area contributed by atoms with Crippen molar-refractivity contribution >= 4 is 11.8 Å². The van der Waals surface area contributed by atoms with Gasteiger partial charge in [0, 0.05) is 11.1 Å². The Hall–Kier alpha value is -1.88. The van der Waals surface area contributed by atoms with Crippen LogP contribution in [0.15, 0.2) is 24.3 Å². The first-order valence-corrected chi connectivity index (χ1v) is 5.40. The first-order valence-electron chi connectivity index (χ1n) is 5.40. The van der Waals surface area contributed by atoms with Crippen LogP contribution in [0.2, 0.25) is 0 Å². The van der Waals surface area contributed by atoms with Crippen molar-refractivity contribution in [2.24, 2.45) is 5.73 Å². The zero-order chi connectivity index (χ0) is 12.8. The molecule has 1 rings (SSSR count). The number of nitrogens with two attached hydrogens (primary N) is 1. The Morgan fingerprint density at radius 2 is 1.82 bits per heavy atom. The van der Waals surface area contributed by atoms with Crippen LogP contribution in [0, 0.1) is 0 Å². The predicted octanol–water partition coefficient (Wildman–Crippen LogP) is 0.286. The molecule has 1 aromatic rings. The molecule has 0 aliphatic rings. The molecular weight excluding hydrogens is 220 g/mol. The van der Waals surface area contributed by atoms with Crippen LogP contribution >= 0.6 is 0 Å². The number of amides is 2. The van der Waals surface area contributed by atoms with E-state index in [-0.39, 0.29) is 18.6 Å². The van der Waals surface area contributed by atoms with E-state index in [0.717, 1.165) is 0 Å². The van der Waals surface area contributed by atoms with Gasteiger partial charge in [0.15, 0.2) is 0 Å². The molecule has 1 atom stereocenters. The zero-order valence-corrected chi connectivity index (χ0v) is 9.64. The molecule has 0 aromatic heterocycles. The molecule has 1 aromatic carbocycles. The number of aliphatic hydroxyl groups excluding tert-OH is 1. The summed E-state index contributed by atoms with van der Waals surface area (Å²) >= 11 is 0. The highest BCUT2D eigenvalue weighted by Crippen LogP contribution is 2.04. The number of benzene rings is 1. The third kappa shape index (κ3) is 3.57. The molecule has 17 heavy (non-hydrogen) atoms. The quantitative estimate of drug-likeness (QED) is 0.686. The maximum atomic E-state index is 11.7. The van der Waals surface area contributed by atoms with Crippen LogP contribution < -0.4 is 11.1 Å². The Bertz CT molecular complexity index is 397. The van der Waals surface area contributed by atoms with E-state index in [0.29, 0.717) is 17.5 Å². The second-order valence-electron chi connectivity index (χ2n) is 3.70. The molecule has 0 bridgehead atoms. The first-order chi connectivity index (χ1) is 8.08. The SMILES string of the molecule is CC[C@H](CO)NC(=O)c1ccc(C(N)=O)cc1. The van der Waals surface area contributed by atoms with E-state index in [1.165, 1.54) is 24.3 Å².